The number of piperazine rings is 3. The minimum absolute atomic E-state index is 0.0427. The summed E-state index contributed by atoms with van der Waals surface area (Å²) in [6, 6.07) is 51.8. The van der Waals surface area contributed by atoms with Gasteiger partial charge in [0.1, 0.15) is 22.8 Å². The molecule has 0 unspecified atom stereocenters. The second kappa shape index (κ2) is 32.8. The molecule has 0 atom stereocenters. The molecule has 6 aromatic carbocycles. The topological polar surface area (TPSA) is 292 Å². The van der Waals surface area contributed by atoms with Crippen LogP contribution in [0.4, 0.5) is 47.3 Å². The van der Waals surface area contributed by atoms with Gasteiger partial charge in [-0.1, -0.05) is 127 Å². The summed E-state index contributed by atoms with van der Waals surface area (Å²) in [7, 11) is 1.58. The predicted octanol–water partition coefficient (Wildman–Crippen LogP) is 12.8. The van der Waals surface area contributed by atoms with Crippen LogP contribution in [-0.2, 0) is 25.8 Å². The second-order valence-electron chi connectivity index (χ2n) is 25.7. The molecule has 0 bridgehead atoms. The highest BCUT2D eigenvalue weighted by Gasteiger charge is 2.37. The van der Waals surface area contributed by atoms with Gasteiger partial charge in [-0.05, 0) is 87.9 Å². The molecule has 26 nitrogen and oxygen atoms in total. The van der Waals surface area contributed by atoms with Crippen molar-refractivity contribution in [1.82, 2.24) is 28.4 Å². The number of pyridine rings is 3. The Bertz CT molecular complexity index is 5640. The Kier molecular flexibility index (Phi) is 22.5. The van der Waals surface area contributed by atoms with Crippen LogP contribution >= 0.6 is 34.0 Å². The van der Waals surface area contributed by atoms with E-state index in [2.05, 4.69) is 0 Å². The molecule has 110 heavy (non-hydrogen) atoms. The van der Waals surface area contributed by atoms with E-state index >= 15 is 0 Å². The fourth-order valence-electron chi connectivity index (χ4n) is 13.9. The lowest BCUT2D eigenvalue weighted by Crippen LogP contribution is -2.49. The number of carbonyl (C=O) groups is 4. The number of carbonyl (C=O) groups excluding carboxylic acids is 4. The molecule has 3 saturated heterocycles. The molecule has 0 spiro atoms. The van der Waals surface area contributed by atoms with Crippen LogP contribution in [0.3, 0.4) is 0 Å². The first-order chi connectivity index (χ1) is 53.1. The van der Waals surface area contributed by atoms with Gasteiger partial charge < -0.3 is 34.1 Å². The number of nitrogens with zero attached hydrogens (tertiary/aromatic N) is 12. The van der Waals surface area contributed by atoms with E-state index in [4.69, 9.17) is 4.74 Å². The Morgan fingerprint density at radius 2 is 0.727 bits per heavy atom. The fraction of sp³-hybridized carbons (Fsp3) is 0.218. The molecule has 6 aromatic heterocycles. The summed E-state index contributed by atoms with van der Waals surface area (Å²) in [4.78, 5) is 139. The summed E-state index contributed by atoms with van der Waals surface area (Å²) >= 11 is 4.10. The Morgan fingerprint density at radius 1 is 0.409 bits per heavy atom. The number of benzene rings is 6. The minimum atomic E-state index is -4.50. The number of alkyl halides is 3. The van der Waals surface area contributed by atoms with Crippen LogP contribution in [0.15, 0.2) is 219 Å². The van der Waals surface area contributed by atoms with Crippen molar-refractivity contribution in [2.75, 3.05) is 100 Å². The number of ether oxygens (including phenoxy) is 1. The van der Waals surface area contributed by atoms with Gasteiger partial charge in [0.25, 0.3) is 17.7 Å². The molecule has 0 saturated carbocycles. The van der Waals surface area contributed by atoms with E-state index in [0.717, 1.165) is 17.7 Å². The zero-order chi connectivity index (χ0) is 77.5. The third-order valence-electron chi connectivity index (χ3n) is 19.3. The Hall–Kier alpha value is -12.7. The van der Waals surface area contributed by atoms with Crippen LogP contribution in [0.2, 0.25) is 0 Å². The number of anilines is 3. The number of nitro groups is 3. The third-order valence-corrected chi connectivity index (χ3v) is 21.9. The SMILES string of the molecule is COc1ccc(Cn2c(=O)c([N+](=O)[O-])c(N3CCN(C(=O)c4cccs4)CC3)c3ccccc32)cc1.O=C(Cn1c(=O)c([N+](=O)[O-])c(N2CCN(C(=O)c3cccs3)CC2)c2ccccc21)c1ccccc1.O=C(c1cccs1)N1CCN(c2c([N+](=O)[O-])c(=O)n(Cc3ccc(C(F)(F)F)cc3)c3ccccc23)CC1. The molecule has 9 heterocycles. The standard InChI is InChI=1S/C26H21F3N4O4S.C26H24N4O5S.C26H22N4O5S/c27-26(28,29)18-9-7-17(8-10-18)16-32-20-5-2-1-4-19(20)22(23(25(32)35)33(36)37)30-11-13-31(14-12-30)24(34)21-6-3-15-38-21;1-35-19-10-8-18(9-11-19)17-29-21-6-3-2-5-20(21)23(24(26(29)32)30(33)34)27-12-14-28(15-13-27)25(31)22-7-4-16-36-22;31-21(18-7-2-1-3-8-18)17-29-20-10-5-4-9-19(20)23(24(26(29)33)30(34)35)27-12-14-28(15-13-27)25(32)22-11-6-16-36-22/h1-10,15H,11-14,16H2;2-11,16H,12-15,17H2,1H3;1-11,16H,12-15,17H2. The first kappa shape index (κ1) is 75.6. The average Bonchev–Trinajstić information content (AvgIpc) is 0.915. The number of hydrogen-bond acceptors (Lipinski definition) is 20. The Labute approximate surface area is 635 Å². The van der Waals surface area contributed by atoms with E-state index in [1.165, 1.54) is 59.8 Å². The average molecular weight is 1550 g/mol. The molecular formula is C78H67F3N12O14S3. The van der Waals surface area contributed by atoms with Crippen LogP contribution in [0, 0.1) is 30.3 Å². The van der Waals surface area contributed by atoms with Gasteiger partial charge in [-0.3, -0.25) is 77.6 Å². The maximum absolute atomic E-state index is 13.6. The number of ketones is 1. The summed E-state index contributed by atoms with van der Waals surface area (Å²) in [5, 5.41) is 43.8. The lowest BCUT2D eigenvalue weighted by molar-refractivity contribution is -0.385. The molecule has 3 fully saturated rings. The summed E-state index contributed by atoms with van der Waals surface area (Å²) in [5.74, 6) is 0.156. The van der Waals surface area contributed by atoms with Gasteiger partial charge in [-0.15, -0.1) is 34.0 Å². The van der Waals surface area contributed by atoms with Crippen LogP contribution in [0.5, 0.6) is 5.75 Å². The first-order valence-electron chi connectivity index (χ1n) is 34.6. The maximum atomic E-state index is 13.6. The molecule has 3 amide bonds. The molecular weight excluding hydrogens is 1480 g/mol. The van der Waals surface area contributed by atoms with Crippen LogP contribution in [0.1, 0.15) is 56.1 Å². The van der Waals surface area contributed by atoms with Crippen molar-refractivity contribution in [2.24, 2.45) is 0 Å². The lowest BCUT2D eigenvalue weighted by Gasteiger charge is -2.36. The van der Waals surface area contributed by atoms with Gasteiger partial charge in [0, 0.05) is 100 Å². The van der Waals surface area contributed by atoms with Crippen molar-refractivity contribution in [3.8, 4) is 5.75 Å². The van der Waals surface area contributed by atoms with Crippen LogP contribution < -0.4 is 36.1 Å². The molecule has 0 N–H and O–H groups in total. The van der Waals surface area contributed by atoms with Gasteiger partial charge in [0.15, 0.2) is 5.78 Å². The highest BCUT2D eigenvalue weighted by molar-refractivity contribution is 7.12. The summed E-state index contributed by atoms with van der Waals surface area (Å²) < 4.78 is 48.0. The molecule has 12 aromatic rings. The predicted molar refractivity (Wildman–Crippen MR) is 415 cm³/mol. The number of para-hydroxylation sites is 3. The number of hydrogen-bond donors (Lipinski definition) is 0. The second-order valence-corrected chi connectivity index (χ2v) is 28.5. The zero-order valence-corrected chi connectivity index (χ0v) is 61.1. The van der Waals surface area contributed by atoms with Crippen molar-refractivity contribution < 1.29 is 51.9 Å². The number of halogens is 3. The van der Waals surface area contributed by atoms with Crippen molar-refractivity contribution in [1.29, 1.82) is 0 Å². The van der Waals surface area contributed by atoms with Gasteiger partial charge >= 0.3 is 39.9 Å². The maximum Gasteiger partial charge on any atom is 0.416 e. The number of aromatic nitrogens is 3. The number of thiophene rings is 3. The Balaban J connectivity index is 0.000000145. The van der Waals surface area contributed by atoms with Gasteiger partial charge in [0.2, 0.25) is 0 Å². The van der Waals surface area contributed by atoms with E-state index in [0.29, 0.717) is 148 Å². The number of amides is 3. The van der Waals surface area contributed by atoms with Crippen LogP contribution in [-0.4, -0.2) is 152 Å². The summed E-state index contributed by atoms with van der Waals surface area (Å²) in [6.07, 6.45) is -4.50. The molecule has 562 valence electrons. The van der Waals surface area contributed by atoms with E-state index in [-0.39, 0.29) is 54.5 Å². The first-order valence-corrected chi connectivity index (χ1v) is 37.2. The number of Topliss-reactive ketones (excluding diaryl/α,β-unsaturated/α-hetero) is 1. The molecule has 32 heteroatoms. The van der Waals surface area contributed by atoms with Crippen molar-refractivity contribution in [3.63, 3.8) is 0 Å². The highest BCUT2D eigenvalue weighted by atomic mass is 32.1. The zero-order valence-electron chi connectivity index (χ0n) is 58.7. The smallest absolute Gasteiger partial charge is 0.416 e. The van der Waals surface area contributed by atoms with E-state index in [9.17, 15) is 77.1 Å². The molecule has 15 rings (SSSR count). The normalized spacial score (nSPS) is 13.9. The summed E-state index contributed by atoms with van der Waals surface area (Å²) in [6.45, 7) is 4.03. The molecule has 3 aliphatic heterocycles. The van der Waals surface area contributed by atoms with E-state index in [1.807, 2.05) is 69.6 Å². The molecule has 3 aliphatic rings. The third kappa shape index (κ3) is 15.8. The van der Waals surface area contributed by atoms with Gasteiger partial charge in [-0.25, -0.2) is 0 Å². The number of methoxy groups -OCH3 is 1. The van der Waals surface area contributed by atoms with Gasteiger partial charge in [-0.2, -0.15) is 13.2 Å². The van der Waals surface area contributed by atoms with E-state index in [1.54, 1.807) is 147 Å². The lowest BCUT2D eigenvalue weighted by atomic mass is 10.1. The largest absolute Gasteiger partial charge is 0.497 e. The fourth-order valence-corrected chi connectivity index (χ4v) is 15.9. The van der Waals surface area contributed by atoms with Crippen molar-refractivity contribution in [3.05, 3.63) is 302 Å². The van der Waals surface area contributed by atoms with E-state index < -0.39 is 60.2 Å². The van der Waals surface area contributed by atoms with Gasteiger partial charge in [0.05, 0.1) is 78.3 Å². The quantitative estimate of drug-likeness (QED) is 0.0465. The summed E-state index contributed by atoms with van der Waals surface area (Å²) in [5.41, 5.74) is -0.888. The number of rotatable bonds is 17. The highest BCUT2D eigenvalue weighted by Crippen LogP contribution is 2.39. The monoisotopic (exact) mass is 1550 g/mol. The minimum Gasteiger partial charge on any atom is -0.497 e. The van der Waals surface area contributed by atoms with Crippen molar-refractivity contribution >= 4 is 124 Å². The Morgan fingerprint density at radius 3 is 1.05 bits per heavy atom. The van der Waals surface area contributed by atoms with Crippen LogP contribution in [0.25, 0.3) is 32.7 Å². The molecule has 0 aliphatic carbocycles. The number of fused-ring (bicyclic) bond motifs is 3. The van der Waals surface area contributed by atoms with Crippen molar-refractivity contribution in [2.45, 2.75) is 25.8 Å². The molecule has 0 radical (unpaired) electrons.